The lowest BCUT2D eigenvalue weighted by Crippen LogP contribution is -2.42. The first-order valence-corrected chi connectivity index (χ1v) is 9.04. The van der Waals surface area contributed by atoms with Gasteiger partial charge in [0.15, 0.2) is 0 Å². The predicted octanol–water partition coefficient (Wildman–Crippen LogP) is 2.87. The molecule has 0 N–H and O–H groups in total. The van der Waals surface area contributed by atoms with E-state index in [9.17, 15) is 17.6 Å². The molecule has 2 rings (SSSR count). The summed E-state index contributed by atoms with van der Waals surface area (Å²) in [6.07, 6.45) is 0.898. The Balaban J connectivity index is 2.28. The summed E-state index contributed by atoms with van der Waals surface area (Å²) in [6, 6.07) is 3.24. The maximum absolute atomic E-state index is 13.5. The summed E-state index contributed by atoms with van der Waals surface area (Å²) in [5, 5.41) is 0. The topological polar surface area (TPSA) is 54.5 Å². The Morgan fingerprint density at radius 1 is 1.33 bits per heavy atom. The number of halogens is 2. The van der Waals surface area contributed by atoms with Crippen LogP contribution in [0.1, 0.15) is 30.6 Å². The quantitative estimate of drug-likeness (QED) is 0.782. The number of hydrogen-bond acceptors (Lipinski definition) is 3. The normalized spacial score (nSPS) is 23.1. The zero-order chi connectivity index (χ0) is 15.8. The molecule has 0 radical (unpaired) electrons. The van der Waals surface area contributed by atoms with Gasteiger partial charge in [-0.3, -0.25) is 4.79 Å². The smallest absolute Gasteiger partial charge is 0.264 e. The largest absolute Gasteiger partial charge is 0.338 e. The number of amides is 1. The third-order valence-corrected chi connectivity index (χ3v) is 5.40. The lowest BCUT2D eigenvalue weighted by Gasteiger charge is -2.35. The number of hydrogen-bond donors (Lipinski definition) is 0. The maximum Gasteiger partial charge on any atom is 0.264 e. The van der Waals surface area contributed by atoms with Gasteiger partial charge in [-0.25, -0.2) is 12.8 Å². The van der Waals surface area contributed by atoms with Crippen molar-refractivity contribution >= 4 is 25.6 Å². The van der Waals surface area contributed by atoms with E-state index in [1.165, 1.54) is 6.07 Å². The third-order valence-electron chi connectivity index (χ3n) is 4.06. The van der Waals surface area contributed by atoms with Crippen molar-refractivity contribution in [2.24, 2.45) is 11.8 Å². The van der Waals surface area contributed by atoms with Crippen LogP contribution in [0.25, 0.3) is 0 Å². The van der Waals surface area contributed by atoms with Crippen molar-refractivity contribution in [2.75, 3.05) is 13.1 Å². The monoisotopic (exact) mass is 333 g/mol. The van der Waals surface area contributed by atoms with Crippen LogP contribution in [0.3, 0.4) is 0 Å². The Kier molecular flexibility index (Phi) is 4.58. The summed E-state index contributed by atoms with van der Waals surface area (Å²) in [6.45, 7) is 5.44. The Morgan fingerprint density at radius 3 is 2.57 bits per heavy atom. The molecule has 2 atom stereocenters. The zero-order valence-electron chi connectivity index (χ0n) is 11.8. The van der Waals surface area contributed by atoms with Crippen molar-refractivity contribution < 1.29 is 17.6 Å². The number of nitrogens with zero attached hydrogens (tertiary/aromatic N) is 1. The second-order valence-corrected chi connectivity index (χ2v) is 8.11. The van der Waals surface area contributed by atoms with Gasteiger partial charge in [0.1, 0.15) is 10.7 Å². The van der Waals surface area contributed by atoms with Crippen LogP contribution >= 0.6 is 10.7 Å². The lowest BCUT2D eigenvalue weighted by molar-refractivity contribution is 0.0627. The SMILES string of the molecule is CC1CCN(C(=O)c2ccc(F)c(S(=O)(=O)Cl)c2)CC1C. The Hall–Kier alpha value is -1.14. The van der Waals surface area contributed by atoms with Crippen molar-refractivity contribution in [3.63, 3.8) is 0 Å². The number of piperidine rings is 1. The minimum absolute atomic E-state index is 0.136. The van der Waals surface area contributed by atoms with Crippen molar-refractivity contribution in [3.05, 3.63) is 29.6 Å². The van der Waals surface area contributed by atoms with Gasteiger partial charge in [0.25, 0.3) is 15.0 Å². The molecule has 7 heteroatoms. The molecule has 0 spiro atoms. The highest BCUT2D eigenvalue weighted by Crippen LogP contribution is 2.25. The van der Waals surface area contributed by atoms with Gasteiger partial charge in [0.05, 0.1) is 0 Å². The molecule has 1 amide bonds. The molecule has 1 aromatic carbocycles. The van der Waals surface area contributed by atoms with E-state index in [2.05, 4.69) is 13.8 Å². The van der Waals surface area contributed by atoms with Crippen LogP contribution in [0.2, 0.25) is 0 Å². The molecule has 0 aromatic heterocycles. The van der Waals surface area contributed by atoms with Gasteiger partial charge in [0, 0.05) is 29.3 Å². The number of carbonyl (C=O) groups is 1. The van der Waals surface area contributed by atoms with Crippen LogP contribution in [0, 0.1) is 17.7 Å². The third kappa shape index (κ3) is 3.55. The van der Waals surface area contributed by atoms with E-state index in [1.54, 1.807) is 4.90 Å². The first kappa shape index (κ1) is 16.2. The van der Waals surface area contributed by atoms with Crippen LogP contribution in [0.5, 0.6) is 0 Å². The molecule has 1 heterocycles. The number of likely N-dealkylation sites (tertiary alicyclic amines) is 1. The molecular weight excluding hydrogens is 317 g/mol. The molecule has 2 unspecified atom stereocenters. The van der Waals surface area contributed by atoms with E-state index in [0.29, 0.717) is 24.9 Å². The van der Waals surface area contributed by atoms with Crippen LogP contribution in [-0.2, 0) is 9.05 Å². The summed E-state index contributed by atoms with van der Waals surface area (Å²) in [7, 11) is 0.963. The summed E-state index contributed by atoms with van der Waals surface area (Å²) >= 11 is 0. The highest BCUT2D eigenvalue weighted by molar-refractivity contribution is 8.13. The Morgan fingerprint density at radius 2 is 2.00 bits per heavy atom. The molecule has 1 aromatic rings. The van der Waals surface area contributed by atoms with E-state index < -0.39 is 19.8 Å². The van der Waals surface area contributed by atoms with Gasteiger partial charge in [-0.2, -0.15) is 0 Å². The molecule has 21 heavy (non-hydrogen) atoms. The Labute approximate surface area is 128 Å². The molecule has 0 aliphatic carbocycles. The van der Waals surface area contributed by atoms with Gasteiger partial charge in [0.2, 0.25) is 0 Å². The summed E-state index contributed by atoms with van der Waals surface area (Å²) in [4.78, 5) is 13.4. The van der Waals surface area contributed by atoms with Gasteiger partial charge in [-0.1, -0.05) is 13.8 Å². The summed E-state index contributed by atoms with van der Waals surface area (Å²) in [5.74, 6) is -0.335. The van der Waals surface area contributed by atoms with Crippen LogP contribution in [0.15, 0.2) is 23.1 Å². The van der Waals surface area contributed by atoms with Gasteiger partial charge >= 0.3 is 0 Å². The fourth-order valence-corrected chi connectivity index (χ4v) is 3.38. The van der Waals surface area contributed by atoms with E-state index in [-0.39, 0.29) is 11.5 Å². The standard InChI is InChI=1S/C14H17ClFNO3S/c1-9-5-6-17(8-10(9)2)14(18)11-3-4-12(16)13(7-11)21(15,19)20/h3-4,7,9-10H,5-6,8H2,1-2H3. The fraction of sp³-hybridized carbons (Fsp3) is 0.500. The van der Waals surface area contributed by atoms with Gasteiger partial charge < -0.3 is 4.90 Å². The highest BCUT2D eigenvalue weighted by atomic mass is 35.7. The molecule has 1 aliphatic rings. The van der Waals surface area contributed by atoms with Crippen molar-refractivity contribution in [2.45, 2.75) is 25.2 Å². The number of carbonyl (C=O) groups excluding carboxylic acids is 1. The second-order valence-electron chi connectivity index (χ2n) is 5.58. The molecule has 0 bridgehead atoms. The molecule has 1 saturated heterocycles. The first-order chi connectivity index (χ1) is 9.70. The molecule has 1 aliphatic heterocycles. The maximum atomic E-state index is 13.5. The fourth-order valence-electron chi connectivity index (χ4n) is 2.45. The van der Waals surface area contributed by atoms with E-state index in [0.717, 1.165) is 18.6 Å². The highest BCUT2D eigenvalue weighted by Gasteiger charge is 2.27. The van der Waals surface area contributed by atoms with Crippen molar-refractivity contribution in [1.82, 2.24) is 4.90 Å². The molecule has 4 nitrogen and oxygen atoms in total. The van der Waals surface area contributed by atoms with Gasteiger partial charge in [-0.15, -0.1) is 0 Å². The van der Waals surface area contributed by atoms with E-state index >= 15 is 0 Å². The minimum Gasteiger partial charge on any atom is -0.338 e. The summed E-state index contributed by atoms with van der Waals surface area (Å²) < 4.78 is 36.1. The number of benzene rings is 1. The molecule has 1 fully saturated rings. The van der Waals surface area contributed by atoms with Gasteiger partial charge in [-0.05, 0) is 36.5 Å². The average molecular weight is 334 g/mol. The number of rotatable bonds is 2. The second kappa shape index (κ2) is 5.93. The van der Waals surface area contributed by atoms with Crippen LogP contribution < -0.4 is 0 Å². The summed E-state index contributed by atoms with van der Waals surface area (Å²) in [5.41, 5.74) is 0.136. The Bertz CT molecular complexity index is 662. The van der Waals surface area contributed by atoms with Crippen molar-refractivity contribution in [3.8, 4) is 0 Å². The van der Waals surface area contributed by atoms with Crippen LogP contribution in [-0.4, -0.2) is 32.3 Å². The average Bonchev–Trinajstić information content (AvgIpc) is 2.40. The van der Waals surface area contributed by atoms with E-state index in [4.69, 9.17) is 10.7 Å². The molecule has 0 saturated carbocycles. The predicted molar refractivity (Wildman–Crippen MR) is 78.3 cm³/mol. The first-order valence-electron chi connectivity index (χ1n) is 6.73. The van der Waals surface area contributed by atoms with Crippen LogP contribution in [0.4, 0.5) is 4.39 Å². The zero-order valence-corrected chi connectivity index (χ0v) is 13.4. The van der Waals surface area contributed by atoms with E-state index in [1.807, 2.05) is 0 Å². The lowest BCUT2D eigenvalue weighted by atomic mass is 9.88. The molecular formula is C14H17ClFNO3S. The minimum atomic E-state index is -4.21. The molecule has 116 valence electrons. The van der Waals surface area contributed by atoms with Crippen molar-refractivity contribution in [1.29, 1.82) is 0 Å².